The maximum Gasteiger partial charge on any atom is 0.416 e. The molecule has 0 spiro atoms. The summed E-state index contributed by atoms with van der Waals surface area (Å²) >= 11 is 17.2. The van der Waals surface area contributed by atoms with Crippen LogP contribution in [0.1, 0.15) is 40.7 Å². The maximum atomic E-state index is 12.6. The number of methoxy groups -OCH3 is 2. The third kappa shape index (κ3) is 27.3. The average Bonchev–Trinajstić information content (AvgIpc) is 3.31. The normalized spacial score (nSPS) is 11.7. The highest BCUT2D eigenvalue weighted by Gasteiger charge is 2.32. The van der Waals surface area contributed by atoms with Crippen LogP contribution in [0.4, 0.5) is 42.8 Å². The molecule has 23 nitrogen and oxygen atoms in total. The first-order valence-electron chi connectivity index (χ1n) is 21.4. The van der Waals surface area contributed by atoms with Gasteiger partial charge in [0, 0.05) is 18.6 Å². The number of carboxylic acid groups (broad SMARTS) is 2. The molecule has 436 valence electrons. The molecule has 0 saturated carbocycles. The molecule has 0 aliphatic rings. The summed E-state index contributed by atoms with van der Waals surface area (Å²) in [5, 5.41) is 31.9. The summed E-state index contributed by atoms with van der Waals surface area (Å²) in [5.41, 5.74) is -1.34. The second-order valence-electron chi connectivity index (χ2n) is 15.1. The van der Waals surface area contributed by atoms with Gasteiger partial charge in [-0.2, -0.15) is 41.3 Å². The van der Waals surface area contributed by atoms with Crippen molar-refractivity contribution in [2.45, 2.75) is 43.9 Å². The van der Waals surface area contributed by atoms with Gasteiger partial charge in [-0.15, -0.1) is 0 Å². The van der Waals surface area contributed by atoms with E-state index in [-0.39, 0.29) is 79.3 Å². The Morgan fingerprint density at radius 1 is 0.861 bits per heavy atom. The van der Waals surface area contributed by atoms with E-state index in [2.05, 4.69) is 39.0 Å². The summed E-state index contributed by atoms with van der Waals surface area (Å²) in [7, 11) is -5.51. The van der Waals surface area contributed by atoms with Crippen molar-refractivity contribution in [2.75, 3.05) is 57.7 Å². The van der Waals surface area contributed by atoms with Gasteiger partial charge >= 0.3 is 42.0 Å². The highest BCUT2D eigenvalue weighted by atomic mass is 35.5. The lowest BCUT2D eigenvalue weighted by Gasteiger charge is -2.14. The number of nitrogens with one attached hydrogen (secondary N) is 3. The van der Waals surface area contributed by atoms with E-state index in [1.807, 2.05) is 5.32 Å². The number of hydrogen-bond acceptors (Lipinski definition) is 17. The van der Waals surface area contributed by atoms with Gasteiger partial charge in [-0.1, -0.05) is 53.0 Å². The summed E-state index contributed by atoms with van der Waals surface area (Å²) in [6.45, 7) is 2.88. The standard InChI is InChI=1S/C15H11ClF3NO4.C15H16F3N5O4S.C8H6Cl2O3.C3H8NO5P.C3H9S/c1-2-23-14-8-10(4-5-12(14)20(21)22)24-13-6-3-9(7-11(13)16)15(17,18)19;1-9-19-12(22-14(20-9)27-2)21-13(24)23-28(25,26)11-6-4-3-5-10(11)7-8-15(16,17)18;1-13-7-5(10)3-2-4(9)6(7)8(11)12;5-3(6)1-4-2-10(7,8)9;1-4(2)3/h3-8H,2H2,1H3;3-6H,7-8H2,1-2H3,(H2,19,20,21,22,23,24);2-3H,1H3,(H,11,12);4H,1-2H2,(H,5,6)(H2,7,8,9);1-3H3/q;;;;+1/p-1. The minimum Gasteiger partial charge on any atom is -0.778 e. The molecule has 0 bridgehead atoms. The number of amides is 2. The minimum absolute atomic E-state index is 0.0111. The van der Waals surface area contributed by atoms with Crippen LogP contribution in [0.15, 0.2) is 77.7 Å². The monoisotopic (exact) mass is 1250 g/mol. The molecule has 0 saturated heterocycles. The molecular formula is C44H49Cl3F6N7O16PS2. The number of nitro groups is 1. The largest absolute Gasteiger partial charge is 0.778 e. The number of nitro benzene ring substituents is 1. The van der Waals surface area contributed by atoms with Crippen LogP contribution in [0.2, 0.25) is 15.1 Å². The summed E-state index contributed by atoms with van der Waals surface area (Å²) in [4.78, 5) is 71.7. The van der Waals surface area contributed by atoms with Crippen molar-refractivity contribution in [2.24, 2.45) is 0 Å². The first-order valence-corrected chi connectivity index (χ1v) is 28.2. The van der Waals surface area contributed by atoms with Gasteiger partial charge in [0.15, 0.2) is 5.75 Å². The molecule has 1 heterocycles. The summed E-state index contributed by atoms with van der Waals surface area (Å²) in [6.07, 6.45) is -4.84. The number of carbonyl (C=O) groups is 3. The zero-order chi connectivity index (χ0) is 60.6. The van der Waals surface area contributed by atoms with Crippen LogP contribution < -0.4 is 39.2 Å². The quantitative estimate of drug-likeness (QED) is 0.0166. The fourth-order valence-corrected chi connectivity index (χ4v) is 7.52. The van der Waals surface area contributed by atoms with E-state index in [9.17, 15) is 68.7 Å². The molecule has 5 rings (SSSR count). The zero-order valence-corrected chi connectivity index (χ0v) is 46.9. The van der Waals surface area contributed by atoms with Crippen molar-refractivity contribution in [3.8, 4) is 29.0 Å². The molecule has 6 N–H and O–H groups in total. The molecule has 4 aromatic carbocycles. The molecule has 1 atom stereocenters. The minimum atomic E-state index is -4.52. The van der Waals surface area contributed by atoms with E-state index in [1.54, 1.807) is 11.6 Å². The Bertz CT molecular complexity index is 3040. The molecule has 1 unspecified atom stereocenters. The van der Waals surface area contributed by atoms with Gasteiger partial charge in [0.25, 0.3) is 10.0 Å². The summed E-state index contributed by atoms with van der Waals surface area (Å²) < 4.78 is 132. The number of aromatic carboxylic acids is 1. The number of alkyl halides is 6. The van der Waals surface area contributed by atoms with Crippen LogP contribution >= 0.6 is 42.4 Å². The van der Waals surface area contributed by atoms with E-state index in [1.165, 1.54) is 69.7 Å². The SMILES string of the molecule is CCOc1cc(Oc2ccc(C(F)(F)F)cc2Cl)ccc1[N+](=O)[O-].COc1c(Cl)ccc(Cl)c1C(=O)O.COc1nc(C)nc(NC(=O)NS(=O)(=O)c2ccccc2CCC(F)(F)F)n1.C[S+](C)C.O=C(O)CNCP(=O)([O-])O. The van der Waals surface area contributed by atoms with Gasteiger partial charge < -0.3 is 43.5 Å². The van der Waals surface area contributed by atoms with Crippen molar-refractivity contribution in [1.29, 1.82) is 0 Å². The Morgan fingerprint density at radius 2 is 1.47 bits per heavy atom. The van der Waals surface area contributed by atoms with Crippen LogP contribution in [0.3, 0.4) is 0 Å². The number of benzene rings is 4. The Labute approximate surface area is 464 Å². The Hall–Kier alpha value is -6.44. The Balaban J connectivity index is 0.000000549. The molecule has 35 heteroatoms. The molecule has 2 amide bonds. The molecule has 1 aromatic heterocycles. The first kappa shape index (κ1) is 70.6. The molecule has 0 aliphatic carbocycles. The van der Waals surface area contributed by atoms with Gasteiger partial charge in [-0.25, -0.2) is 22.7 Å². The second kappa shape index (κ2) is 32.6. The third-order valence-electron chi connectivity index (χ3n) is 8.28. The fraction of sp³-hybridized carbons (Fsp3) is 0.318. The zero-order valence-electron chi connectivity index (χ0n) is 42.1. The molecule has 79 heavy (non-hydrogen) atoms. The number of aromatic nitrogens is 3. The number of carboxylic acids is 2. The van der Waals surface area contributed by atoms with Crippen molar-refractivity contribution >= 4 is 92.9 Å². The number of urea groups is 1. The highest BCUT2D eigenvalue weighted by molar-refractivity contribution is 7.94. The number of aliphatic carboxylic acids is 1. The van der Waals surface area contributed by atoms with Crippen molar-refractivity contribution in [1.82, 2.24) is 25.0 Å². The van der Waals surface area contributed by atoms with Crippen LogP contribution in [0.25, 0.3) is 0 Å². The van der Waals surface area contributed by atoms with Crippen LogP contribution in [-0.4, -0.2) is 120 Å². The number of anilines is 1. The van der Waals surface area contributed by atoms with Crippen molar-refractivity contribution < 1.29 is 97.6 Å². The molecular weight excluding hydrogens is 1200 g/mol. The van der Waals surface area contributed by atoms with Gasteiger partial charge in [0.05, 0.1) is 82.9 Å². The average molecular weight is 1250 g/mol. The van der Waals surface area contributed by atoms with E-state index >= 15 is 0 Å². The molecule has 0 aliphatic heterocycles. The van der Waals surface area contributed by atoms with Crippen molar-refractivity contribution in [3.05, 3.63) is 120 Å². The Kier molecular flexibility index (Phi) is 29.1. The number of carbonyl (C=O) groups excluding carboxylic acids is 1. The summed E-state index contributed by atoms with van der Waals surface area (Å²) in [5.74, 6) is -2.18. The van der Waals surface area contributed by atoms with Gasteiger partial charge in [0.1, 0.15) is 30.5 Å². The number of hydrogen-bond donors (Lipinski definition) is 6. The van der Waals surface area contributed by atoms with Gasteiger partial charge in [-0.05, 0) is 79.2 Å². The lowest BCUT2D eigenvalue weighted by atomic mass is 10.1. The first-order chi connectivity index (χ1) is 36.4. The predicted octanol–water partition coefficient (Wildman–Crippen LogP) is 9.01. The predicted molar refractivity (Wildman–Crippen MR) is 278 cm³/mol. The van der Waals surface area contributed by atoms with Crippen molar-refractivity contribution in [3.63, 3.8) is 0 Å². The maximum absolute atomic E-state index is 12.6. The van der Waals surface area contributed by atoms with Crippen LogP contribution in [-0.2, 0) is 42.9 Å². The van der Waals surface area contributed by atoms with Crippen LogP contribution in [0.5, 0.6) is 29.0 Å². The van der Waals surface area contributed by atoms with Gasteiger partial charge in [0.2, 0.25) is 11.7 Å². The fourth-order valence-electron chi connectivity index (χ4n) is 5.26. The van der Waals surface area contributed by atoms with E-state index < -0.39 is 89.0 Å². The number of halogens is 9. The number of aryl methyl sites for hydroxylation is 2. The number of ether oxygens (including phenoxy) is 4. The lowest BCUT2D eigenvalue weighted by Crippen LogP contribution is -2.35. The number of rotatable bonds is 17. The van der Waals surface area contributed by atoms with Crippen LogP contribution in [0, 0.1) is 17.0 Å². The van der Waals surface area contributed by atoms with E-state index in [0.717, 1.165) is 24.3 Å². The topological polar surface area (TPSA) is 341 Å². The molecule has 0 fully saturated rings. The highest BCUT2D eigenvalue weighted by Crippen LogP contribution is 2.39. The van der Waals surface area contributed by atoms with E-state index in [4.69, 9.17) is 68.9 Å². The Morgan fingerprint density at radius 3 is 1.96 bits per heavy atom. The van der Waals surface area contributed by atoms with E-state index in [0.29, 0.717) is 10.9 Å². The van der Waals surface area contributed by atoms with Gasteiger partial charge in [-0.3, -0.25) is 25.5 Å². The summed E-state index contributed by atoms with van der Waals surface area (Å²) in [6, 6.07) is 13.1. The smallest absolute Gasteiger partial charge is 0.416 e. The lowest BCUT2D eigenvalue weighted by molar-refractivity contribution is -0.385. The third-order valence-corrected chi connectivity index (χ3v) is 11.2. The number of nitrogens with zero attached hydrogens (tertiary/aromatic N) is 4. The molecule has 5 aromatic rings. The molecule has 0 radical (unpaired) electrons. The second-order valence-corrected chi connectivity index (χ2v) is 22.0. The number of sulfonamides is 1.